The standard InChI is InChI=1S/C16H17NO3.C15H15NO3/c18-13-15(19)9-8-14-5-4-10-17(14)11-12-20-16-6-2-1-3-7-16;17-15(18)9-8-13-5-4-10-16(13)11-12-19-14-6-2-1-3-7-14/h1-10,18H,11-13H2;1-10H,11-12H2,(H,17,18)/b2*9-8+. The van der Waals surface area contributed by atoms with Crippen molar-refractivity contribution < 1.29 is 29.3 Å². The molecule has 0 aliphatic rings. The van der Waals surface area contributed by atoms with Gasteiger partial charge in [-0.25, -0.2) is 4.79 Å². The third-order valence-corrected chi connectivity index (χ3v) is 5.41. The summed E-state index contributed by atoms with van der Waals surface area (Å²) in [6.07, 6.45) is 9.60. The van der Waals surface area contributed by atoms with E-state index in [-0.39, 0.29) is 5.78 Å². The van der Waals surface area contributed by atoms with Gasteiger partial charge in [0.2, 0.25) is 0 Å². The van der Waals surface area contributed by atoms with Crippen molar-refractivity contribution in [2.24, 2.45) is 0 Å². The summed E-state index contributed by atoms with van der Waals surface area (Å²) in [6, 6.07) is 26.8. The van der Waals surface area contributed by atoms with Gasteiger partial charge in [-0.1, -0.05) is 36.4 Å². The zero-order valence-electron chi connectivity index (χ0n) is 21.5. The fraction of sp³-hybridized carbons (Fsp3) is 0.161. The molecule has 0 atom stereocenters. The average Bonchev–Trinajstić information content (AvgIpc) is 3.61. The van der Waals surface area contributed by atoms with E-state index >= 15 is 0 Å². The highest BCUT2D eigenvalue weighted by Crippen LogP contribution is 2.11. The molecule has 0 radical (unpaired) electrons. The van der Waals surface area contributed by atoms with Crippen LogP contribution in [0.1, 0.15) is 11.4 Å². The van der Waals surface area contributed by atoms with Crippen molar-refractivity contribution >= 4 is 23.9 Å². The maximum atomic E-state index is 11.0. The van der Waals surface area contributed by atoms with E-state index in [1.54, 1.807) is 12.2 Å². The van der Waals surface area contributed by atoms with Crippen molar-refractivity contribution in [3.8, 4) is 11.5 Å². The van der Waals surface area contributed by atoms with Gasteiger partial charge in [0.05, 0.1) is 13.1 Å². The molecule has 0 saturated heterocycles. The van der Waals surface area contributed by atoms with Gasteiger partial charge in [0.25, 0.3) is 0 Å². The highest BCUT2D eigenvalue weighted by atomic mass is 16.5. The molecule has 0 bridgehead atoms. The van der Waals surface area contributed by atoms with E-state index in [0.717, 1.165) is 29.0 Å². The largest absolute Gasteiger partial charge is 0.492 e. The lowest BCUT2D eigenvalue weighted by Gasteiger charge is -2.08. The van der Waals surface area contributed by atoms with E-state index in [0.29, 0.717) is 26.3 Å². The molecule has 2 aromatic carbocycles. The van der Waals surface area contributed by atoms with Crippen LogP contribution in [0.5, 0.6) is 11.5 Å². The van der Waals surface area contributed by atoms with E-state index in [9.17, 15) is 9.59 Å². The summed E-state index contributed by atoms with van der Waals surface area (Å²) in [4.78, 5) is 21.5. The highest BCUT2D eigenvalue weighted by molar-refractivity contribution is 5.94. The number of carboxylic acid groups (broad SMARTS) is 1. The Labute approximate surface area is 227 Å². The van der Waals surface area contributed by atoms with Gasteiger partial charge in [-0.2, -0.15) is 0 Å². The van der Waals surface area contributed by atoms with Crippen molar-refractivity contribution in [3.63, 3.8) is 0 Å². The Kier molecular flexibility index (Phi) is 11.9. The Hall–Kier alpha value is -4.82. The van der Waals surface area contributed by atoms with Crippen molar-refractivity contribution in [2.45, 2.75) is 13.1 Å². The number of ketones is 1. The molecule has 0 aliphatic heterocycles. The zero-order chi connectivity index (χ0) is 27.7. The first kappa shape index (κ1) is 28.7. The van der Waals surface area contributed by atoms with Crippen LogP contribution in [0.3, 0.4) is 0 Å². The van der Waals surface area contributed by atoms with E-state index < -0.39 is 12.6 Å². The number of para-hydroxylation sites is 2. The van der Waals surface area contributed by atoms with Crippen molar-refractivity contribution in [1.29, 1.82) is 0 Å². The summed E-state index contributed by atoms with van der Waals surface area (Å²) in [5.41, 5.74) is 1.75. The van der Waals surface area contributed by atoms with E-state index in [2.05, 4.69) is 0 Å². The molecule has 202 valence electrons. The monoisotopic (exact) mass is 528 g/mol. The van der Waals surface area contributed by atoms with Crippen molar-refractivity contribution in [1.82, 2.24) is 9.13 Å². The Bertz CT molecular complexity index is 1340. The van der Waals surface area contributed by atoms with Crippen LogP contribution in [0.2, 0.25) is 0 Å². The van der Waals surface area contributed by atoms with Crippen LogP contribution < -0.4 is 9.47 Å². The smallest absolute Gasteiger partial charge is 0.328 e. The van der Waals surface area contributed by atoms with Crippen LogP contribution in [0.15, 0.2) is 109 Å². The number of nitrogens with zero attached hydrogens (tertiary/aromatic N) is 2. The van der Waals surface area contributed by atoms with Crippen molar-refractivity contribution in [3.05, 3.63) is 121 Å². The number of aliphatic carboxylic acids is 1. The van der Waals surface area contributed by atoms with Gasteiger partial charge in [-0.3, -0.25) is 4.79 Å². The molecule has 8 heteroatoms. The Morgan fingerprint density at radius 1 is 0.667 bits per heavy atom. The normalized spacial score (nSPS) is 10.8. The molecule has 2 aromatic heterocycles. The van der Waals surface area contributed by atoms with Gasteiger partial charge in [0.15, 0.2) is 5.78 Å². The molecule has 0 aliphatic carbocycles. The summed E-state index contributed by atoms with van der Waals surface area (Å²) in [5.74, 6) is 0.413. The van der Waals surface area contributed by atoms with Gasteiger partial charge in [0, 0.05) is 29.9 Å². The van der Waals surface area contributed by atoms with Crippen molar-refractivity contribution in [2.75, 3.05) is 19.8 Å². The molecule has 0 spiro atoms. The minimum atomic E-state index is -0.951. The SMILES string of the molecule is O=C(/C=C/c1cccn1CCOc1ccccc1)CO.O=C(O)/C=C/c1cccn1CCOc1ccccc1. The highest BCUT2D eigenvalue weighted by Gasteiger charge is 2.00. The molecular weight excluding hydrogens is 496 g/mol. The fourth-order valence-electron chi connectivity index (χ4n) is 3.51. The number of benzene rings is 2. The molecule has 2 heterocycles. The van der Waals surface area contributed by atoms with Crippen LogP contribution in [-0.2, 0) is 22.7 Å². The third-order valence-electron chi connectivity index (χ3n) is 5.41. The third kappa shape index (κ3) is 10.6. The lowest BCUT2D eigenvalue weighted by atomic mass is 10.3. The van der Waals surface area contributed by atoms with Crippen LogP contribution in [-0.4, -0.2) is 50.9 Å². The predicted octanol–water partition coefficient (Wildman–Crippen LogP) is 4.81. The second-order valence-electron chi connectivity index (χ2n) is 8.21. The first-order chi connectivity index (χ1) is 19.0. The number of hydrogen-bond acceptors (Lipinski definition) is 5. The Morgan fingerprint density at radius 3 is 1.56 bits per heavy atom. The maximum Gasteiger partial charge on any atom is 0.328 e. The number of carbonyl (C=O) groups excluding carboxylic acids is 1. The van der Waals surface area contributed by atoms with Crippen LogP contribution in [0, 0.1) is 0 Å². The molecule has 0 fully saturated rings. The lowest BCUT2D eigenvalue weighted by molar-refractivity contribution is -0.131. The van der Waals surface area contributed by atoms with Crippen LogP contribution in [0.4, 0.5) is 0 Å². The molecule has 4 aromatic rings. The zero-order valence-corrected chi connectivity index (χ0v) is 21.5. The number of aromatic nitrogens is 2. The van der Waals surface area contributed by atoms with E-state index in [1.165, 1.54) is 6.08 Å². The number of aliphatic hydroxyl groups excluding tert-OH is 1. The van der Waals surface area contributed by atoms with Gasteiger partial charge in [-0.05, 0) is 66.8 Å². The quantitative estimate of drug-likeness (QED) is 0.242. The average molecular weight is 529 g/mol. The van der Waals surface area contributed by atoms with Gasteiger partial charge in [-0.15, -0.1) is 0 Å². The lowest BCUT2D eigenvalue weighted by Crippen LogP contribution is -2.08. The summed E-state index contributed by atoms with van der Waals surface area (Å²) in [6.45, 7) is 1.98. The predicted molar refractivity (Wildman–Crippen MR) is 151 cm³/mol. The van der Waals surface area contributed by atoms with E-state index in [1.807, 2.05) is 106 Å². The number of aliphatic hydroxyl groups is 1. The molecule has 0 unspecified atom stereocenters. The van der Waals surface area contributed by atoms with E-state index in [4.69, 9.17) is 19.7 Å². The van der Waals surface area contributed by atoms with Crippen LogP contribution in [0.25, 0.3) is 12.2 Å². The Morgan fingerprint density at radius 2 is 1.13 bits per heavy atom. The summed E-state index contributed by atoms with van der Waals surface area (Å²) in [5, 5.41) is 17.3. The second kappa shape index (κ2) is 16.1. The van der Waals surface area contributed by atoms with Gasteiger partial charge in [0.1, 0.15) is 31.3 Å². The summed E-state index contributed by atoms with van der Waals surface area (Å²) in [7, 11) is 0. The van der Waals surface area contributed by atoms with Gasteiger partial charge >= 0.3 is 5.97 Å². The number of carbonyl (C=O) groups is 2. The summed E-state index contributed by atoms with van der Waals surface area (Å²) < 4.78 is 15.2. The topological polar surface area (TPSA) is 103 Å². The first-order valence-electron chi connectivity index (χ1n) is 12.4. The number of hydrogen-bond donors (Lipinski definition) is 2. The first-order valence-corrected chi connectivity index (χ1v) is 12.4. The molecular formula is C31H32N2O6. The fourth-order valence-corrected chi connectivity index (χ4v) is 3.51. The molecule has 0 amide bonds. The van der Waals surface area contributed by atoms with Gasteiger partial charge < -0.3 is 28.8 Å². The molecule has 2 N–H and O–H groups in total. The Balaban J connectivity index is 0.000000216. The van der Waals surface area contributed by atoms with Crippen LogP contribution >= 0.6 is 0 Å². The minimum absolute atomic E-state index is 0.307. The summed E-state index contributed by atoms with van der Waals surface area (Å²) >= 11 is 0. The molecule has 4 rings (SSSR count). The number of ether oxygens (including phenoxy) is 2. The molecule has 8 nitrogen and oxygen atoms in total. The maximum absolute atomic E-state index is 11.0. The minimum Gasteiger partial charge on any atom is -0.492 e. The molecule has 0 saturated carbocycles. The molecule has 39 heavy (non-hydrogen) atoms. The second-order valence-corrected chi connectivity index (χ2v) is 8.21. The number of carboxylic acids is 1. The number of rotatable bonds is 13.